The van der Waals surface area contributed by atoms with Gasteiger partial charge >= 0.3 is 5.69 Å². The molecule has 1 heterocycles. The van der Waals surface area contributed by atoms with Crippen LogP contribution in [0.1, 0.15) is 46.0 Å². The van der Waals surface area contributed by atoms with E-state index in [-0.39, 0.29) is 5.69 Å². The van der Waals surface area contributed by atoms with Gasteiger partial charge in [0, 0.05) is 31.5 Å². The first-order chi connectivity index (χ1) is 9.26. The van der Waals surface area contributed by atoms with E-state index in [2.05, 4.69) is 12.2 Å². The molecule has 0 amide bonds. The molecule has 0 aromatic carbocycles. The number of aromatic nitrogens is 2. The Morgan fingerprint density at radius 3 is 2.53 bits per heavy atom. The molecule has 0 saturated heterocycles. The van der Waals surface area contributed by atoms with Crippen molar-refractivity contribution in [1.82, 2.24) is 14.5 Å². The smallest absolute Gasteiger partial charge is 0.312 e. The van der Waals surface area contributed by atoms with E-state index in [0.717, 1.165) is 32.0 Å². The minimum Gasteiger partial charge on any atom is -0.312 e. The molecule has 1 N–H and O–H groups in total. The Kier molecular flexibility index (Phi) is 5.25. The zero-order valence-electron chi connectivity index (χ0n) is 12.3. The van der Waals surface area contributed by atoms with Crippen LogP contribution in [0.5, 0.6) is 0 Å². The molecule has 1 atom stereocenters. The Labute approximate surface area is 115 Å². The van der Waals surface area contributed by atoms with E-state index in [4.69, 9.17) is 0 Å². The van der Waals surface area contributed by atoms with Gasteiger partial charge in [-0.05, 0) is 38.6 Å². The maximum Gasteiger partial charge on any atom is 0.328 e. The van der Waals surface area contributed by atoms with Gasteiger partial charge in [0.2, 0.25) is 0 Å². The Morgan fingerprint density at radius 2 is 1.95 bits per heavy atom. The van der Waals surface area contributed by atoms with E-state index in [0.29, 0.717) is 6.04 Å². The average Bonchev–Trinajstić information content (AvgIpc) is 3.05. The number of imidazole rings is 1. The third kappa shape index (κ3) is 3.50. The fourth-order valence-corrected chi connectivity index (χ4v) is 3.11. The Balaban J connectivity index is 2.05. The van der Waals surface area contributed by atoms with Crippen molar-refractivity contribution >= 4 is 0 Å². The summed E-state index contributed by atoms with van der Waals surface area (Å²) in [6.45, 7) is 6.82. The fourth-order valence-electron chi connectivity index (χ4n) is 3.11. The third-order valence-corrected chi connectivity index (χ3v) is 4.28. The molecule has 19 heavy (non-hydrogen) atoms. The first-order valence-electron chi connectivity index (χ1n) is 7.75. The molecule has 1 aliphatic carbocycles. The van der Waals surface area contributed by atoms with Crippen LogP contribution in [-0.2, 0) is 13.1 Å². The molecule has 1 aromatic heterocycles. The van der Waals surface area contributed by atoms with Crippen molar-refractivity contribution in [3.8, 4) is 0 Å². The summed E-state index contributed by atoms with van der Waals surface area (Å²) in [7, 11) is 0. The maximum absolute atomic E-state index is 12.1. The fraction of sp³-hybridized carbons (Fsp3) is 0.800. The largest absolute Gasteiger partial charge is 0.328 e. The zero-order valence-corrected chi connectivity index (χ0v) is 12.3. The molecule has 4 heteroatoms. The lowest BCUT2D eigenvalue weighted by atomic mass is 9.98. The lowest BCUT2D eigenvalue weighted by Crippen LogP contribution is -2.41. The van der Waals surface area contributed by atoms with Gasteiger partial charge < -0.3 is 5.32 Å². The monoisotopic (exact) mass is 265 g/mol. The molecule has 0 bridgehead atoms. The molecular weight excluding hydrogens is 238 g/mol. The quantitative estimate of drug-likeness (QED) is 0.821. The van der Waals surface area contributed by atoms with Crippen LogP contribution < -0.4 is 11.0 Å². The SMILES string of the molecule is CCCNC(Cn1ccn(CC)c1=O)C1CCCC1. The van der Waals surface area contributed by atoms with E-state index < -0.39 is 0 Å². The molecule has 1 unspecified atom stereocenters. The minimum atomic E-state index is 0.129. The number of hydrogen-bond donors (Lipinski definition) is 1. The Morgan fingerprint density at radius 1 is 1.26 bits per heavy atom. The molecule has 0 radical (unpaired) electrons. The van der Waals surface area contributed by atoms with Gasteiger partial charge in [0.05, 0.1) is 0 Å². The first-order valence-corrected chi connectivity index (χ1v) is 7.75. The van der Waals surface area contributed by atoms with Gasteiger partial charge in [-0.2, -0.15) is 0 Å². The number of nitrogens with zero attached hydrogens (tertiary/aromatic N) is 2. The van der Waals surface area contributed by atoms with Crippen LogP contribution in [-0.4, -0.2) is 21.7 Å². The highest BCUT2D eigenvalue weighted by atomic mass is 16.1. The average molecular weight is 265 g/mol. The van der Waals surface area contributed by atoms with E-state index in [1.807, 2.05) is 23.9 Å². The Hall–Kier alpha value is -1.03. The molecular formula is C15H27N3O. The first kappa shape index (κ1) is 14.4. The molecule has 0 spiro atoms. The van der Waals surface area contributed by atoms with Crippen molar-refractivity contribution in [3.63, 3.8) is 0 Å². The van der Waals surface area contributed by atoms with E-state index >= 15 is 0 Å². The van der Waals surface area contributed by atoms with Crippen molar-refractivity contribution in [2.75, 3.05) is 6.54 Å². The lowest BCUT2D eigenvalue weighted by Gasteiger charge is -2.24. The second-order valence-corrected chi connectivity index (χ2v) is 5.62. The highest BCUT2D eigenvalue weighted by Gasteiger charge is 2.25. The Bertz CT molecular complexity index is 429. The van der Waals surface area contributed by atoms with Gasteiger partial charge in [-0.25, -0.2) is 4.79 Å². The van der Waals surface area contributed by atoms with Crippen molar-refractivity contribution in [2.45, 2.75) is 65.1 Å². The van der Waals surface area contributed by atoms with Crippen LogP contribution in [0.15, 0.2) is 17.2 Å². The van der Waals surface area contributed by atoms with E-state index in [9.17, 15) is 4.79 Å². The summed E-state index contributed by atoms with van der Waals surface area (Å²) in [5, 5.41) is 3.65. The number of rotatable bonds is 7. The van der Waals surface area contributed by atoms with Gasteiger partial charge in [-0.15, -0.1) is 0 Å². The lowest BCUT2D eigenvalue weighted by molar-refractivity contribution is 0.319. The van der Waals surface area contributed by atoms with E-state index in [1.165, 1.54) is 25.7 Å². The normalized spacial score (nSPS) is 18.0. The van der Waals surface area contributed by atoms with Crippen LogP contribution >= 0.6 is 0 Å². The molecule has 1 aliphatic rings. The van der Waals surface area contributed by atoms with Crippen LogP contribution in [0.25, 0.3) is 0 Å². The summed E-state index contributed by atoms with van der Waals surface area (Å²) in [5.41, 5.74) is 0.129. The van der Waals surface area contributed by atoms with Crippen molar-refractivity contribution in [2.24, 2.45) is 5.92 Å². The minimum absolute atomic E-state index is 0.129. The third-order valence-electron chi connectivity index (χ3n) is 4.28. The highest BCUT2D eigenvalue weighted by Crippen LogP contribution is 2.28. The number of hydrogen-bond acceptors (Lipinski definition) is 2. The van der Waals surface area contributed by atoms with Crippen LogP contribution in [0.3, 0.4) is 0 Å². The van der Waals surface area contributed by atoms with Crippen molar-refractivity contribution < 1.29 is 0 Å². The van der Waals surface area contributed by atoms with Crippen LogP contribution in [0, 0.1) is 5.92 Å². The summed E-state index contributed by atoms with van der Waals surface area (Å²) in [5.74, 6) is 0.739. The molecule has 1 fully saturated rings. The maximum atomic E-state index is 12.1. The predicted octanol–water partition coefficient (Wildman–Crippen LogP) is 2.23. The van der Waals surface area contributed by atoms with Gasteiger partial charge in [0.1, 0.15) is 0 Å². The molecule has 108 valence electrons. The van der Waals surface area contributed by atoms with Crippen molar-refractivity contribution in [3.05, 3.63) is 22.9 Å². The molecule has 1 aromatic rings. The van der Waals surface area contributed by atoms with Gasteiger partial charge in [0.15, 0.2) is 0 Å². The van der Waals surface area contributed by atoms with Crippen LogP contribution in [0.2, 0.25) is 0 Å². The predicted molar refractivity (Wildman–Crippen MR) is 78.4 cm³/mol. The summed E-state index contributed by atoms with van der Waals surface area (Å²) in [6.07, 6.45) is 10.3. The summed E-state index contributed by atoms with van der Waals surface area (Å²) in [6, 6.07) is 0.452. The van der Waals surface area contributed by atoms with E-state index in [1.54, 1.807) is 4.57 Å². The van der Waals surface area contributed by atoms with Crippen molar-refractivity contribution in [1.29, 1.82) is 0 Å². The standard InChI is InChI=1S/C15H27N3O/c1-3-9-16-14(13-7-5-6-8-13)12-18-11-10-17(4-2)15(18)19/h10-11,13-14,16H,3-9,12H2,1-2H3. The summed E-state index contributed by atoms with van der Waals surface area (Å²) < 4.78 is 3.64. The number of aryl methyl sites for hydroxylation is 1. The van der Waals surface area contributed by atoms with Gasteiger partial charge in [-0.1, -0.05) is 19.8 Å². The van der Waals surface area contributed by atoms with Crippen LogP contribution in [0.4, 0.5) is 0 Å². The topological polar surface area (TPSA) is 39.0 Å². The summed E-state index contributed by atoms with van der Waals surface area (Å²) >= 11 is 0. The van der Waals surface area contributed by atoms with Gasteiger partial charge in [0.25, 0.3) is 0 Å². The highest BCUT2D eigenvalue weighted by molar-refractivity contribution is 4.86. The molecule has 4 nitrogen and oxygen atoms in total. The second-order valence-electron chi connectivity index (χ2n) is 5.62. The molecule has 0 aliphatic heterocycles. The number of nitrogens with one attached hydrogen (secondary N) is 1. The summed E-state index contributed by atoms with van der Waals surface area (Å²) in [4.78, 5) is 12.1. The molecule has 1 saturated carbocycles. The molecule has 2 rings (SSSR count). The van der Waals surface area contributed by atoms with Gasteiger partial charge in [-0.3, -0.25) is 9.13 Å². The zero-order chi connectivity index (χ0) is 13.7. The second kappa shape index (κ2) is 6.94.